The van der Waals surface area contributed by atoms with E-state index in [1.165, 1.54) is 35.6 Å². The Labute approximate surface area is 166 Å². The Balaban J connectivity index is 1.87. The highest BCUT2D eigenvalue weighted by molar-refractivity contribution is 7.89. The molecule has 28 heavy (non-hydrogen) atoms. The zero-order valence-corrected chi connectivity index (χ0v) is 16.2. The summed E-state index contributed by atoms with van der Waals surface area (Å²) in [7, 11) is -3.76. The highest BCUT2D eigenvalue weighted by Gasteiger charge is 2.17. The molecule has 0 fully saturated rings. The van der Waals surface area contributed by atoms with Gasteiger partial charge in [-0.15, -0.1) is 11.3 Å². The van der Waals surface area contributed by atoms with Crippen LogP contribution in [0.2, 0.25) is 0 Å². The Hall–Kier alpha value is -2.87. The van der Waals surface area contributed by atoms with Crippen LogP contribution in [0, 0.1) is 5.82 Å². The van der Waals surface area contributed by atoms with Gasteiger partial charge in [-0.05, 0) is 42.0 Å². The molecule has 0 bridgehead atoms. The summed E-state index contributed by atoms with van der Waals surface area (Å²) in [4.78, 5) is 5.70. The first kappa shape index (κ1) is 18.5. The lowest BCUT2D eigenvalue weighted by Gasteiger charge is -2.04. The van der Waals surface area contributed by atoms with Crippen molar-refractivity contribution in [3.05, 3.63) is 84.7 Å². The van der Waals surface area contributed by atoms with Gasteiger partial charge in [0.2, 0.25) is 10.0 Å². The monoisotopic (exact) mass is 410 g/mol. The van der Waals surface area contributed by atoms with Crippen molar-refractivity contribution < 1.29 is 12.8 Å². The molecule has 0 atom stereocenters. The van der Waals surface area contributed by atoms with Crippen LogP contribution < -0.4 is 5.14 Å². The minimum absolute atomic E-state index is 0.0485. The number of nitrogens with two attached hydrogens (primary N) is 1. The zero-order valence-electron chi connectivity index (χ0n) is 14.5. The van der Waals surface area contributed by atoms with Crippen LogP contribution in [0.5, 0.6) is 0 Å². The number of halogens is 1. The lowest BCUT2D eigenvalue weighted by atomic mass is 10.1. The molecular weight excluding hydrogens is 395 g/mol. The Morgan fingerprint density at radius 1 is 0.786 bits per heavy atom. The predicted molar refractivity (Wildman–Crippen MR) is 110 cm³/mol. The molecule has 0 aliphatic rings. The molecule has 0 amide bonds. The van der Waals surface area contributed by atoms with Crippen molar-refractivity contribution in [2.75, 3.05) is 0 Å². The first-order chi connectivity index (χ1) is 13.4. The SMILES string of the molecule is NS(=O)(=O)c1ccc(-c2sc(-c3ccccc3)nc2-c2ccc(F)cc2)cc1. The maximum absolute atomic E-state index is 13.4. The van der Waals surface area contributed by atoms with Crippen LogP contribution in [0.25, 0.3) is 32.3 Å². The average molecular weight is 410 g/mol. The molecule has 2 N–H and O–H groups in total. The van der Waals surface area contributed by atoms with Crippen molar-refractivity contribution in [2.45, 2.75) is 4.90 Å². The van der Waals surface area contributed by atoms with Crippen LogP contribution >= 0.6 is 11.3 Å². The number of aromatic nitrogens is 1. The summed E-state index contributed by atoms with van der Waals surface area (Å²) >= 11 is 1.49. The number of nitrogens with zero attached hydrogens (tertiary/aromatic N) is 1. The molecule has 0 aliphatic carbocycles. The summed E-state index contributed by atoms with van der Waals surface area (Å²) in [6.07, 6.45) is 0. The fourth-order valence-corrected chi connectivity index (χ4v) is 4.43. The number of sulfonamides is 1. The highest BCUT2D eigenvalue weighted by Crippen LogP contribution is 2.40. The zero-order chi connectivity index (χ0) is 19.7. The normalized spacial score (nSPS) is 11.5. The van der Waals surface area contributed by atoms with E-state index in [9.17, 15) is 12.8 Å². The Bertz CT molecular complexity index is 1220. The van der Waals surface area contributed by atoms with Gasteiger partial charge in [0.1, 0.15) is 10.8 Å². The summed E-state index contributed by atoms with van der Waals surface area (Å²) < 4.78 is 36.4. The van der Waals surface area contributed by atoms with Crippen LogP contribution in [0.4, 0.5) is 4.39 Å². The largest absolute Gasteiger partial charge is 0.238 e. The number of primary sulfonamides is 1. The van der Waals surface area contributed by atoms with Gasteiger partial charge in [0.25, 0.3) is 0 Å². The second-order valence-electron chi connectivity index (χ2n) is 6.14. The van der Waals surface area contributed by atoms with Gasteiger partial charge in [-0.3, -0.25) is 0 Å². The molecule has 3 aromatic carbocycles. The van der Waals surface area contributed by atoms with E-state index < -0.39 is 10.0 Å². The molecule has 0 saturated heterocycles. The highest BCUT2D eigenvalue weighted by atomic mass is 32.2. The minimum Gasteiger partial charge on any atom is -0.235 e. The first-order valence-electron chi connectivity index (χ1n) is 8.37. The van der Waals surface area contributed by atoms with Crippen molar-refractivity contribution in [1.82, 2.24) is 4.98 Å². The molecule has 4 aromatic rings. The van der Waals surface area contributed by atoms with E-state index in [0.717, 1.165) is 26.6 Å². The predicted octanol–water partition coefficient (Wildman–Crippen LogP) is 4.93. The Morgan fingerprint density at radius 3 is 2.00 bits per heavy atom. The van der Waals surface area contributed by atoms with E-state index in [0.29, 0.717) is 5.69 Å². The van der Waals surface area contributed by atoms with E-state index >= 15 is 0 Å². The Morgan fingerprint density at radius 2 is 1.39 bits per heavy atom. The van der Waals surface area contributed by atoms with Gasteiger partial charge >= 0.3 is 0 Å². The topological polar surface area (TPSA) is 73.1 Å². The van der Waals surface area contributed by atoms with Gasteiger partial charge in [0, 0.05) is 11.1 Å². The number of thiazole rings is 1. The molecule has 1 aromatic heterocycles. The number of benzene rings is 3. The fourth-order valence-electron chi connectivity index (χ4n) is 2.82. The first-order valence-corrected chi connectivity index (χ1v) is 10.7. The van der Waals surface area contributed by atoms with Crippen molar-refractivity contribution in [2.24, 2.45) is 5.14 Å². The third kappa shape index (κ3) is 3.73. The summed E-state index contributed by atoms with van der Waals surface area (Å²) in [5, 5.41) is 6.01. The lowest BCUT2D eigenvalue weighted by molar-refractivity contribution is 0.598. The molecule has 4 rings (SSSR count). The molecule has 0 aliphatic heterocycles. The quantitative estimate of drug-likeness (QED) is 0.518. The van der Waals surface area contributed by atoms with Crippen LogP contribution in [0.1, 0.15) is 0 Å². The summed E-state index contributed by atoms with van der Waals surface area (Å²) in [6.45, 7) is 0. The third-order valence-electron chi connectivity index (χ3n) is 4.21. The van der Waals surface area contributed by atoms with Gasteiger partial charge in [-0.1, -0.05) is 42.5 Å². The van der Waals surface area contributed by atoms with Crippen molar-refractivity contribution in [3.8, 4) is 32.3 Å². The van der Waals surface area contributed by atoms with Crippen LogP contribution in [-0.2, 0) is 10.0 Å². The third-order valence-corrected chi connectivity index (χ3v) is 6.29. The van der Waals surface area contributed by atoms with Gasteiger partial charge in [0.05, 0.1) is 15.5 Å². The standard InChI is InChI=1S/C21H15FN2O2S2/c22-17-10-6-14(7-11-17)19-20(15-8-12-18(13-9-15)28(23,25)26)27-21(24-19)16-4-2-1-3-5-16/h1-13H,(H2,23,25,26). The number of hydrogen-bond donors (Lipinski definition) is 1. The maximum atomic E-state index is 13.4. The molecule has 7 heteroatoms. The number of rotatable bonds is 4. The summed E-state index contributed by atoms with van der Waals surface area (Å²) in [6, 6.07) is 22.3. The molecule has 0 radical (unpaired) electrons. The van der Waals surface area contributed by atoms with Crippen molar-refractivity contribution in [1.29, 1.82) is 0 Å². The average Bonchev–Trinajstić information content (AvgIpc) is 3.14. The molecule has 0 saturated carbocycles. The van der Waals surface area contributed by atoms with E-state index in [2.05, 4.69) is 0 Å². The van der Waals surface area contributed by atoms with E-state index in [-0.39, 0.29) is 10.7 Å². The van der Waals surface area contributed by atoms with Crippen LogP contribution in [0.15, 0.2) is 83.8 Å². The number of hydrogen-bond acceptors (Lipinski definition) is 4. The van der Waals surface area contributed by atoms with Gasteiger partial charge in [0.15, 0.2) is 0 Å². The minimum atomic E-state index is -3.76. The van der Waals surface area contributed by atoms with Gasteiger partial charge in [-0.25, -0.2) is 22.9 Å². The second-order valence-corrected chi connectivity index (χ2v) is 8.70. The molecule has 1 heterocycles. The summed E-state index contributed by atoms with van der Waals surface area (Å²) in [5.41, 5.74) is 3.28. The van der Waals surface area contributed by atoms with Crippen LogP contribution in [-0.4, -0.2) is 13.4 Å². The molecule has 0 unspecified atom stereocenters. The van der Waals surface area contributed by atoms with E-state index in [1.807, 2.05) is 30.3 Å². The van der Waals surface area contributed by atoms with Gasteiger partial charge < -0.3 is 0 Å². The van der Waals surface area contributed by atoms with Crippen molar-refractivity contribution >= 4 is 21.4 Å². The van der Waals surface area contributed by atoms with E-state index in [4.69, 9.17) is 10.1 Å². The van der Waals surface area contributed by atoms with E-state index in [1.54, 1.807) is 24.3 Å². The summed E-state index contributed by atoms with van der Waals surface area (Å²) in [5.74, 6) is -0.318. The molecule has 4 nitrogen and oxygen atoms in total. The molecule has 0 spiro atoms. The molecule has 140 valence electrons. The van der Waals surface area contributed by atoms with Crippen molar-refractivity contribution in [3.63, 3.8) is 0 Å². The van der Waals surface area contributed by atoms with Crippen LogP contribution in [0.3, 0.4) is 0 Å². The second kappa shape index (κ2) is 7.27. The fraction of sp³-hybridized carbons (Fsp3) is 0. The van der Waals surface area contributed by atoms with Gasteiger partial charge in [-0.2, -0.15) is 0 Å². The maximum Gasteiger partial charge on any atom is 0.238 e. The smallest absolute Gasteiger partial charge is 0.235 e. The lowest BCUT2D eigenvalue weighted by Crippen LogP contribution is -2.11. The molecular formula is C21H15FN2O2S2. The Kier molecular flexibility index (Phi) is 4.80.